The molecule has 2 heterocycles. The lowest BCUT2D eigenvalue weighted by molar-refractivity contribution is -0.117. The minimum atomic E-state index is -0.217. The molecule has 4 rings (SSSR count). The zero-order valence-corrected chi connectivity index (χ0v) is 13.6. The molecular formula is C20H17N3O2. The number of benzene rings is 2. The second-order valence-corrected chi connectivity index (χ2v) is 6.07. The lowest BCUT2D eigenvalue weighted by Gasteiger charge is -2.16. The van der Waals surface area contributed by atoms with Gasteiger partial charge < -0.3 is 10.2 Å². The predicted octanol–water partition coefficient (Wildman–Crippen LogP) is 3.61. The fourth-order valence-corrected chi connectivity index (χ4v) is 3.08. The Morgan fingerprint density at radius 3 is 2.80 bits per heavy atom. The van der Waals surface area contributed by atoms with Crippen molar-refractivity contribution >= 4 is 34.1 Å². The van der Waals surface area contributed by atoms with E-state index in [1.54, 1.807) is 29.3 Å². The van der Waals surface area contributed by atoms with Crippen molar-refractivity contribution in [2.75, 3.05) is 16.8 Å². The summed E-state index contributed by atoms with van der Waals surface area (Å²) in [5.74, 6) is -0.109. The molecule has 2 amide bonds. The van der Waals surface area contributed by atoms with Gasteiger partial charge in [0.2, 0.25) is 5.91 Å². The summed E-state index contributed by atoms with van der Waals surface area (Å²) in [4.78, 5) is 30.5. The van der Waals surface area contributed by atoms with Crippen LogP contribution in [0, 0.1) is 0 Å². The normalized spacial score (nSPS) is 14.1. The molecule has 3 aromatic rings. The highest BCUT2D eigenvalue weighted by Crippen LogP contribution is 2.23. The molecule has 0 saturated carbocycles. The maximum atomic E-state index is 12.6. The molecule has 1 fully saturated rings. The highest BCUT2D eigenvalue weighted by molar-refractivity contribution is 6.06. The predicted molar refractivity (Wildman–Crippen MR) is 97.7 cm³/mol. The number of hydrogen-bond donors (Lipinski definition) is 1. The van der Waals surface area contributed by atoms with E-state index in [0.29, 0.717) is 24.2 Å². The van der Waals surface area contributed by atoms with Crippen LogP contribution in [0.2, 0.25) is 0 Å². The maximum Gasteiger partial charge on any atom is 0.255 e. The van der Waals surface area contributed by atoms with E-state index in [0.717, 1.165) is 23.0 Å². The molecule has 1 N–H and O–H groups in total. The molecule has 2 aromatic carbocycles. The third kappa shape index (κ3) is 3.08. The highest BCUT2D eigenvalue weighted by Gasteiger charge is 2.22. The van der Waals surface area contributed by atoms with Gasteiger partial charge in [-0.2, -0.15) is 0 Å². The number of carbonyl (C=O) groups is 2. The molecule has 1 aliphatic rings. The third-order valence-electron chi connectivity index (χ3n) is 4.34. The highest BCUT2D eigenvalue weighted by atomic mass is 16.2. The Morgan fingerprint density at radius 2 is 1.96 bits per heavy atom. The van der Waals surface area contributed by atoms with Crippen LogP contribution in [-0.2, 0) is 4.79 Å². The summed E-state index contributed by atoms with van der Waals surface area (Å²) in [6, 6.07) is 16.8. The molecule has 0 spiro atoms. The van der Waals surface area contributed by atoms with E-state index >= 15 is 0 Å². The van der Waals surface area contributed by atoms with Crippen LogP contribution < -0.4 is 10.2 Å². The quantitative estimate of drug-likeness (QED) is 0.797. The Morgan fingerprint density at radius 1 is 1.08 bits per heavy atom. The smallest absolute Gasteiger partial charge is 0.255 e. The molecule has 5 heteroatoms. The first-order chi connectivity index (χ1) is 12.2. The average molecular weight is 331 g/mol. The summed E-state index contributed by atoms with van der Waals surface area (Å²) in [6.07, 6.45) is 3.07. The number of nitrogens with zero attached hydrogens (tertiary/aromatic N) is 2. The fourth-order valence-electron chi connectivity index (χ4n) is 3.08. The Balaban J connectivity index is 1.57. The lowest BCUT2D eigenvalue weighted by Crippen LogP contribution is -2.24. The van der Waals surface area contributed by atoms with Crippen LogP contribution in [0.25, 0.3) is 10.9 Å². The number of pyridine rings is 1. The fraction of sp³-hybridized carbons (Fsp3) is 0.150. The second-order valence-electron chi connectivity index (χ2n) is 6.07. The molecule has 0 atom stereocenters. The van der Waals surface area contributed by atoms with Crippen molar-refractivity contribution in [3.05, 3.63) is 66.4 Å². The molecule has 1 saturated heterocycles. The SMILES string of the molecule is O=C(Nc1cnc2ccccc2c1)c1cccc(N2CCCC2=O)c1. The summed E-state index contributed by atoms with van der Waals surface area (Å²) >= 11 is 0. The van der Waals surface area contributed by atoms with Gasteiger partial charge in [-0.25, -0.2) is 0 Å². The van der Waals surface area contributed by atoms with E-state index in [2.05, 4.69) is 10.3 Å². The van der Waals surface area contributed by atoms with Crippen LogP contribution in [0.1, 0.15) is 23.2 Å². The number of para-hydroxylation sites is 1. The van der Waals surface area contributed by atoms with Crippen molar-refractivity contribution in [1.29, 1.82) is 0 Å². The summed E-state index contributed by atoms with van der Waals surface area (Å²) in [6.45, 7) is 0.707. The van der Waals surface area contributed by atoms with E-state index in [1.807, 2.05) is 36.4 Å². The van der Waals surface area contributed by atoms with Crippen LogP contribution in [0.15, 0.2) is 60.8 Å². The number of anilines is 2. The zero-order valence-electron chi connectivity index (χ0n) is 13.6. The lowest BCUT2D eigenvalue weighted by atomic mass is 10.1. The van der Waals surface area contributed by atoms with E-state index in [9.17, 15) is 9.59 Å². The van der Waals surface area contributed by atoms with Crippen molar-refractivity contribution in [2.24, 2.45) is 0 Å². The summed E-state index contributed by atoms with van der Waals surface area (Å²) in [7, 11) is 0. The Kier molecular flexibility index (Phi) is 3.90. The molecule has 0 bridgehead atoms. The first-order valence-electron chi connectivity index (χ1n) is 8.27. The van der Waals surface area contributed by atoms with Crippen molar-refractivity contribution in [3.8, 4) is 0 Å². The molecule has 0 radical (unpaired) electrons. The van der Waals surface area contributed by atoms with Gasteiger partial charge >= 0.3 is 0 Å². The van der Waals surface area contributed by atoms with Crippen molar-refractivity contribution in [1.82, 2.24) is 4.98 Å². The monoisotopic (exact) mass is 331 g/mol. The third-order valence-corrected chi connectivity index (χ3v) is 4.34. The average Bonchev–Trinajstić information content (AvgIpc) is 3.08. The number of hydrogen-bond acceptors (Lipinski definition) is 3. The number of fused-ring (bicyclic) bond motifs is 1. The van der Waals surface area contributed by atoms with Gasteiger partial charge in [-0.05, 0) is 36.8 Å². The first-order valence-corrected chi connectivity index (χ1v) is 8.27. The van der Waals surface area contributed by atoms with Crippen molar-refractivity contribution in [2.45, 2.75) is 12.8 Å². The zero-order chi connectivity index (χ0) is 17.2. The standard InChI is InChI=1S/C20H17N3O2/c24-19-9-4-10-23(19)17-7-3-6-15(12-17)20(25)22-16-11-14-5-1-2-8-18(14)21-13-16/h1-3,5-8,11-13H,4,9-10H2,(H,22,25). The minimum absolute atomic E-state index is 0.108. The summed E-state index contributed by atoms with van der Waals surface area (Å²) in [5, 5.41) is 3.84. The first kappa shape index (κ1) is 15.3. The largest absolute Gasteiger partial charge is 0.321 e. The van der Waals surface area contributed by atoms with Crippen LogP contribution in [-0.4, -0.2) is 23.3 Å². The summed E-state index contributed by atoms with van der Waals surface area (Å²) in [5.41, 5.74) is 2.82. The molecule has 5 nitrogen and oxygen atoms in total. The van der Waals surface area contributed by atoms with Gasteiger partial charge in [-0.15, -0.1) is 0 Å². The van der Waals surface area contributed by atoms with E-state index in [4.69, 9.17) is 0 Å². The number of rotatable bonds is 3. The summed E-state index contributed by atoms with van der Waals surface area (Å²) < 4.78 is 0. The molecular weight excluding hydrogens is 314 g/mol. The van der Waals surface area contributed by atoms with Crippen molar-refractivity contribution < 1.29 is 9.59 Å². The minimum Gasteiger partial charge on any atom is -0.321 e. The van der Waals surface area contributed by atoms with Crippen LogP contribution in [0.5, 0.6) is 0 Å². The molecule has 0 aliphatic carbocycles. The number of amides is 2. The van der Waals surface area contributed by atoms with Crippen LogP contribution in [0.4, 0.5) is 11.4 Å². The second kappa shape index (κ2) is 6.36. The van der Waals surface area contributed by atoms with Gasteiger partial charge in [-0.3, -0.25) is 14.6 Å². The number of nitrogens with one attached hydrogen (secondary N) is 1. The van der Waals surface area contributed by atoms with Gasteiger partial charge in [0, 0.05) is 29.6 Å². The van der Waals surface area contributed by atoms with Crippen LogP contribution in [0.3, 0.4) is 0 Å². The molecule has 1 aromatic heterocycles. The maximum absolute atomic E-state index is 12.6. The van der Waals surface area contributed by atoms with Gasteiger partial charge in [0.15, 0.2) is 0 Å². The van der Waals surface area contributed by atoms with Crippen LogP contribution >= 0.6 is 0 Å². The van der Waals surface area contributed by atoms with Crippen molar-refractivity contribution in [3.63, 3.8) is 0 Å². The van der Waals surface area contributed by atoms with Gasteiger partial charge in [-0.1, -0.05) is 24.3 Å². The van der Waals surface area contributed by atoms with E-state index in [-0.39, 0.29) is 11.8 Å². The molecule has 1 aliphatic heterocycles. The Labute approximate surface area is 145 Å². The van der Waals surface area contributed by atoms with Gasteiger partial charge in [0.05, 0.1) is 17.4 Å². The number of aromatic nitrogens is 1. The topological polar surface area (TPSA) is 62.3 Å². The molecule has 25 heavy (non-hydrogen) atoms. The van der Waals surface area contributed by atoms with Gasteiger partial charge in [0.25, 0.3) is 5.91 Å². The Bertz CT molecular complexity index is 968. The Hall–Kier alpha value is -3.21. The van der Waals surface area contributed by atoms with E-state index < -0.39 is 0 Å². The molecule has 124 valence electrons. The molecule has 0 unspecified atom stereocenters. The van der Waals surface area contributed by atoms with E-state index in [1.165, 1.54) is 0 Å². The van der Waals surface area contributed by atoms with Gasteiger partial charge in [0.1, 0.15) is 0 Å². The number of carbonyl (C=O) groups excluding carboxylic acids is 2.